The Morgan fingerprint density at radius 3 is 2.43 bits per heavy atom. The van der Waals surface area contributed by atoms with Crippen molar-refractivity contribution < 1.29 is 14.4 Å². The number of nitrogens with zero attached hydrogens (tertiary/aromatic N) is 3. The zero-order valence-corrected chi connectivity index (χ0v) is 17.8. The molecule has 1 N–H and O–H groups in total. The van der Waals surface area contributed by atoms with Crippen molar-refractivity contribution in [3.05, 3.63) is 23.0 Å². The predicted octanol–water partition coefficient (Wildman–Crippen LogP) is 3.24. The summed E-state index contributed by atoms with van der Waals surface area (Å²) in [5, 5.41) is 5.01. The van der Waals surface area contributed by atoms with Gasteiger partial charge in [0.1, 0.15) is 0 Å². The highest BCUT2D eigenvalue weighted by atomic mass is 32.1. The molecule has 6 nitrogen and oxygen atoms in total. The lowest BCUT2D eigenvalue weighted by Crippen LogP contribution is -3.09. The molecule has 1 aliphatic carbocycles. The molecule has 0 unspecified atom stereocenters. The van der Waals surface area contributed by atoms with Crippen LogP contribution in [0.3, 0.4) is 0 Å². The standard InChI is InChI=1S/C21H30N4O2S/c1-26-18-11-10-16(14-19(18)27-2)20-22-24(15-23-12-6-7-13-23)21(28)25(20)17-8-4-3-5-9-17/h10-11,14,17H,3-9,12-13,15H2,1-2H3/p+1. The molecule has 2 fully saturated rings. The lowest BCUT2D eigenvalue weighted by atomic mass is 9.95. The van der Waals surface area contributed by atoms with E-state index in [1.165, 1.54) is 58.0 Å². The number of ether oxygens (including phenoxy) is 2. The van der Waals surface area contributed by atoms with E-state index >= 15 is 0 Å². The number of quaternary nitrogens is 1. The number of rotatable bonds is 6. The van der Waals surface area contributed by atoms with Gasteiger partial charge in [-0.25, -0.2) is 0 Å². The Kier molecular flexibility index (Phi) is 6.01. The number of benzene rings is 1. The molecule has 28 heavy (non-hydrogen) atoms. The molecule has 1 aromatic heterocycles. The molecule has 0 radical (unpaired) electrons. The summed E-state index contributed by atoms with van der Waals surface area (Å²) in [7, 11) is 3.33. The van der Waals surface area contributed by atoms with Gasteiger partial charge in [0.25, 0.3) is 0 Å². The maximum absolute atomic E-state index is 5.93. The Balaban J connectivity index is 1.76. The van der Waals surface area contributed by atoms with Crippen molar-refractivity contribution in [2.24, 2.45) is 0 Å². The van der Waals surface area contributed by atoms with Crippen LogP contribution in [0.15, 0.2) is 18.2 Å². The van der Waals surface area contributed by atoms with Crippen LogP contribution in [0.1, 0.15) is 51.0 Å². The molecule has 0 spiro atoms. The number of nitrogens with one attached hydrogen (secondary N) is 1. The SMILES string of the molecule is COc1ccc(-c2nn(C[NH+]3CCCC3)c(=S)n2C2CCCCC2)cc1OC. The third-order valence-corrected chi connectivity index (χ3v) is 6.54. The highest BCUT2D eigenvalue weighted by Gasteiger charge is 2.25. The number of hydrogen-bond donors (Lipinski definition) is 1. The van der Waals surface area contributed by atoms with Crippen molar-refractivity contribution in [3.63, 3.8) is 0 Å². The Bertz CT molecular complexity index is 864. The Morgan fingerprint density at radius 2 is 1.75 bits per heavy atom. The maximum atomic E-state index is 5.93. The zero-order chi connectivity index (χ0) is 19.5. The summed E-state index contributed by atoms with van der Waals surface area (Å²) < 4.78 is 16.2. The molecule has 7 heteroatoms. The Labute approximate surface area is 172 Å². The van der Waals surface area contributed by atoms with Gasteiger partial charge in [-0.3, -0.25) is 4.57 Å². The molecule has 2 heterocycles. The van der Waals surface area contributed by atoms with Crippen LogP contribution < -0.4 is 14.4 Å². The van der Waals surface area contributed by atoms with Gasteiger partial charge in [-0.05, 0) is 43.3 Å². The van der Waals surface area contributed by atoms with Gasteiger partial charge in [-0.2, -0.15) is 4.68 Å². The van der Waals surface area contributed by atoms with E-state index in [1.54, 1.807) is 19.1 Å². The van der Waals surface area contributed by atoms with E-state index in [9.17, 15) is 0 Å². The molecule has 1 saturated heterocycles. The zero-order valence-electron chi connectivity index (χ0n) is 16.9. The third-order valence-electron chi connectivity index (χ3n) is 6.14. The summed E-state index contributed by atoms with van der Waals surface area (Å²) in [6.07, 6.45) is 8.80. The van der Waals surface area contributed by atoms with E-state index in [1.807, 2.05) is 12.1 Å². The van der Waals surface area contributed by atoms with Crippen molar-refractivity contribution >= 4 is 12.2 Å². The summed E-state index contributed by atoms with van der Waals surface area (Å²) in [6, 6.07) is 6.46. The van der Waals surface area contributed by atoms with E-state index in [2.05, 4.69) is 15.3 Å². The van der Waals surface area contributed by atoms with Crippen molar-refractivity contribution in [2.75, 3.05) is 27.3 Å². The second-order valence-electron chi connectivity index (χ2n) is 7.95. The van der Waals surface area contributed by atoms with E-state index in [4.69, 9.17) is 26.8 Å². The molecular formula is C21H31N4O2S+. The summed E-state index contributed by atoms with van der Waals surface area (Å²) in [5.41, 5.74) is 1.03. The van der Waals surface area contributed by atoms with E-state index < -0.39 is 0 Å². The first-order chi connectivity index (χ1) is 13.7. The van der Waals surface area contributed by atoms with Crippen molar-refractivity contribution in [2.45, 2.75) is 57.7 Å². The molecular weight excluding hydrogens is 372 g/mol. The first-order valence-electron chi connectivity index (χ1n) is 10.5. The summed E-state index contributed by atoms with van der Waals surface area (Å²) in [5.74, 6) is 2.41. The minimum absolute atomic E-state index is 0.437. The average Bonchev–Trinajstić information content (AvgIpc) is 3.36. The highest BCUT2D eigenvalue weighted by molar-refractivity contribution is 7.71. The molecule has 2 aromatic rings. The fourth-order valence-electron chi connectivity index (χ4n) is 4.61. The van der Waals surface area contributed by atoms with E-state index in [-0.39, 0.29) is 0 Å². The molecule has 0 amide bonds. The fraction of sp³-hybridized carbons (Fsp3) is 0.619. The van der Waals surface area contributed by atoms with Gasteiger partial charge in [0.2, 0.25) is 4.77 Å². The lowest BCUT2D eigenvalue weighted by molar-refractivity contribution is -0.911. The quantitative estimate of drug-likeness (QED) is 0.752. The van der Waals surface area contributed by atoms with Crippen LogP contribution in [0.4, 0.5) is 0 Å². The van der Waals surface area contributed by atoms with Crippen LogP contribution in [0.5, 0.6) is 11.5 Å². The average molecular weight is 404 g/mol. The minimum atomic E-state index is 0.437. The van der Waals surface area contributed by atoms with Gasteiger partial charge in [0.05, 0.1) is 27.3 Å². The van der Waals surface area contributed by atoms with Gasteiger partial charge in [-0.1, -0.05) is 19.3 Å². The van der Waals surface area contributed by atoms with Gasteiger partial charge < -0.3 is 14.4 Å². The van der Waals surface area contributed by atoms with Gasteiger partial charge in [-0.15, -0.1) is 5.10 Å². The molecule has 2 aliphatic rings. The largest absolute Gasteiger partial charge is 0.493 e. The molecule has 4 rings (SSSR count). The van der Waals surface area contributed by atoms with Crippen LogP contribution in [-0.4, -0.2) is 41.7 Å². The molecule has 1 aromatic carbocycles. The second-order valence-corrected chi connectivity index (χ2v) is 8.32. The maximum Gasteiger partial charge on any atom is 0.203 e. The normalized spacial score (nSPS) is 18.5. The Morgan fingerprint density at radius 1 is 1.04 bits per heavy atom. The molecule has 0 bridgehead atoms. The van der Waals surface area contributed by atoms with Crippen molar-refractivity contribution in [1.82, 2.24) is 14.3 Å². The monoisotopic (exact) mass is 403 g/mol. The van der Waals surface area contributed by atoms with Crippen LogP contribution in [0, 0.1) is 4.77 Å². The minimum Gasteiger partial charge on any atom is -0.493 e. The van der Waals surface area contributed by atoms with Crippen LogP contribution in [0.25, 0.3) is 11.4 Å². The molecule has 1 saturated carbocycles. The predicted molar refractivity (Wildman–Crippen MR) is 112 cm³/mol. The van der Waals surface area contributed by atoms with Crippen LogP contribution in [0.2, 0.25) is 0 Å². The molecule has 152 valence electrons. The third kappa shape index (κ3) is 3.82. The smallest absolute Gasteiger partial charge is 0.203 e. The number of aromatic nitrogens is 3. The summed E-state index contributed by atoms with van der Waals surface area (Å²) in [4.78, 5) is 1.57. The van der Waals surface area contributed by atoms with E-state index in [0.717, 1.165) is 34.3 Å². The molecule has 0 atom stereocenters. The topological polar surface area (TPSA) is 45.7 Å². The Hall–Kier alpha value is -1.86. The fourth-order valence-corrected chi connectivity index (χ4v) is 4.95. The second kappa shape index (κ2) is 8.66. The van der Waals surface area contributed by atoms with Crippen LogP contribution in [-0.2, 0) is 6.67 Å². The number of hydrogen-bond acceptors (Lipinski definition) is 4. The number of methoxy groups -OCH3 is 2. The van der Waals surface area contributed by atoms with E-state index in [0.29, 0.717) is 6.04 Å². The van der Waals surface area contributed by atoms with Gasteiger partial charge in [0.15, 0.2) is 24.0 Å². The first kappa shape index (κ1) is 19.5. The van der Waals surface area contributed by atoms with Gasteiger partial charge >= 0.3 is 0 Å². The molecule has 1 aliphatic heterocycles. The highest BCUT2D eigenvalue weighted by Crippen LogP contribution is 2.35. The first-order valence-corrected chi connectivity index (χ1v) is 10.9. The summed E-state index contributed by atoms with van der Waals surface area (Å²) in [6.45, 7) is 3.28. The van der Waals surface area contributed by atoms with Crippen molar-refractivity contribution in [3.8, 4) is 22.9 Å². The number of likely N-dealkylation sites (tertiary alicyclic amines) is 1. The van der Waals surface area contributed by atoms with Crippen LogP contribution >= 0.6 is 12.2 Å². The van der Waals surface area contributed by atoms with Crippen molar-refractivity contribution in [1.29, 1.82) is 0 Å². The summed E-state index contributed by atoms with van der Waals surface area (Å²) >= 11 is 5.93. The van der Waals surface area contributed by atoms with Gasteiger partial charge in [0, 0.05) is 24.4 Å². The lowest BCUT2D eigenvalue weighted by Gasteiger charge is -2.24.